The van der Waals surface area contributed by atoms with Crippen LogP contribution in [0.4, 0.5) is 5.69 Å². The Kier molecular flexibility index (Phi) is 4.90. The van der Waals surface area contributed by atoms with Crippen molar-refractivity contribution < 1.29 is 4.79 Å². The van der Waals surface area contributed by atoms with Gasteiger partial charge in [0.2, 0.25) is 0 Å². The number of rotatable bonds is 3. The normalized spacial score (nSPS) is 10.5. The average molecular weight is 379 g/mol. The van der Waals surface area contributed by atoms with Crippen LogP contribution in [-0.4, -0.2) is 5.91 Å². The Morgan fingerprint density at radius 1 is 1.37 bits per heavy atom. The van der Waals surface area contributed by atoms with Crippen LogP contribution in [0.25, 0.3) is 0 Å². The predicted octanol–water partition coefficient (Wildman–Crippen LogP) is 5.63. The number of carbonyl (C=O) groups excluding carboxylic acids is 1. The first kappa shape index (κ1) is 14.9. The number of halogens is 3. The summed E-state index contributed by atoms with van der Waals surface area (Å²) in [5.74, 6) is -0.245. The summed E-state index contributed by atoms with van der Waals surface area (Å²) in [5.41, 5.74) is 2.25. The molecule has 2 rings (SSSR count). The lowest BCUT2D eigenvalue weighted by Gasteiger charge is -2.10. The molecule has 0 saturated carbocycles. The van der Waals surface area contributed by atoms with Crippen molar-refractivity contribution in [3.8, 4) is 0 Å². The molecule has 0 radical (unpaired) electrons. The lowest BCUT2D eigenvalue weighted by molar-refractivity contribution is 0.102. The summed E-state index contributed by atoms with van der Waals surface area (Å²) >= 11 is 16.4. The van der Waals surface area contributed by atoms with E-state index in [1.54, 1.807) is 6.07 Å². The molecule has 0 bridgehead atoms. The number of benzene rings is 1. The van der Waals surface area contributed by atoms with Crippen LogP contribution >= 0.6 is 50.5 Å². The van der Waals surface area contributed by atoms with Crippen LogP contribution in [0.5, 0.6) is 0 Å². The summed E-state index contributed by atoms with van der Waals surface area (Å²) in [6.45, 7) is 2.03. The first-order valence-corrected chi connectivity index (χ1v) is 7.92. The summed E-state index contributed by atoms with van der Waals surface area (Å²) in [6, 6.07) is 7.31. The molecule has 0 aliphatic heterocycles. The number of hydrogen-bond acceptors (Lipinski definition) is 2. The number of carbonyl (C=O) groups is 1. The largest absolute Gasteiger partial charge is 0.322 e. The van der Waals surface area contributed by atoms with Gasteiger partial charge in [0.1, 0.15) is 4.34 Å². The van der Waals surface area contributed by atoms with Gasteiger partial charge < -0.3 is 5.32 Å². The van der Waals surface area contributed by atoms with E-state index in [0.717, 1.165) is 22.1 Å². The van der Waals surface area contributed by atoms with Gasteiger partial charge in [-0.15, -0.1) is 11.3 Å². The molecule has 0 aliphatic rings. The van der Waals surface area contributed by atoms with E-state index in [9.17, 15) is 4.79 Å². The second kappa shape index (κ2) is 6.27. The molecule has 1 amide bonds. The van der Waals surface area contributed by atoms with Crippen molar-refractivity contribution in [3.63, 3.8) is 0 Å². The van der Waals surface area contributed by atoms with Gasteiger partial charge in [-0.05, 0) is 36.2 Å². The zero-order valence-corrected chi connectivity index (χ0v) is 13.9. The minimum absolute atomic E-state index is 0.245. The van der Waals surface area contributed by atoms with Crippen molar-refractivity contribution in [2.45, 2.75) is 13.3 Å². The molecule has 6 heteroatoms. The van der Waals surface area contributed by atoms with Gasteiger partial charge in [0.25, 0.3) is 5.91 Å². The average Bonchev–Trinajstić information content (AvgIpc) is 2.70. The van der Waals surface area contributed by atoms with Crippen molar-refractivity contribution in [3.05, 3.63) is 48.5 Å². The molecular formula is C13H10BrCl2NOS. The van der Waals surface area contributed by atoms with Crippen molar-refractivity contribution in [1.29, 1.82) is 0 Å². The molecule has 0 aliphatic carbocycles. The van der Waals surface area contributed by atoms with E-state index >= 15 is 0 Å². The van der Waals surface area contributed by atoms with E-state index in [4.69, 9.17) is 23.2 Å². The highest BCUT2D eigenvalue weighted by Gasteiger charge is 2.15. The Bertz CT molecular complexity index is 627. The highest BCUT2D eigenvalue weighted by molar-refractivity contribution is 9.10. The minimum Gasteiger partial charge on any atom is -0.322 e. The molecule has 0 spiro atoms. The second-order valence-corrected chi connectivity index (χ2v) is 7.05. The fourth-order valence-corrected chi connectivity index (χ4v) is 3.53. The molecular weight excluding hydrogens is 369 g/mol. The van der Waals surface area contributed by atoms with Gasteiger partial charge in [-0.3, -0.25) is 4.79 Å². The highest BCUT2D eigenvalue weighted by atomic mass is 79.9. The molecule has 1 aromatic carbocycles. The Labute approximate surface area is 133 Å². The van der Waals surface area contributed by atoms with Gasteiger partial charge >= 0.3 is 0 Å². The molecule has 0 atom stereocenters. The number of nitrogens with one attached hydrogen (secondary N) is 1. The SMILES string of the molecule is CCc1cc(Br)ccc1NC(=O)c1cc(Cl)sc1Cl. The summed E-state index contributed by atoms with van der Waals surface area (Å²) in [5, 5.41) is 2.86. The van der Waals surface area contributed by atoms with Crippen LogP contribution < -0.4 is 5.32 Å². The zero-order valence-electron chi connectivity index (χ0n) is 9.97. The monoisotopic (exact) mass is 377 g/mol. The van der Waals surface area contributed by atoms with Crippen molar-refractivity contribution >= 4 is 62.1 Å². The zero-order chi connectivity index (χ0) is 14.0. The third-order valence-corrected chi connectivity index (χ3v) is 4.58. The van der Waals surface area contributed by atoms with Gasteiger partial charge in [0, 0.05) is 10.2 Å². The third-order valence-electron chi connectivity index (χ3n) is 2.60. The first-order valence-electron chi connectivity index (χ1n) is 5.56. The van der Waals surface area contributed by atoms with E-state index < -0.39 is 0 Å². The summed E-state index contributed by atoms with van der Waals surface area (Å²) in [4.78, 5) is 12.1. The van der Waals surface area contributed by atoms with E-state index in [2.05, 4.69) is 21.2 Å². The van der Waals surface area contributed by atoms with Crippen LogP contribution in [0, 0.1) is 0 Å². The summed E-state index contributed by atoms with van der Waals surface area (Å²) in [7, 11) is 0. The van der Waals surface area contributed by atoms with Crippen LogP contribution in [-0.2, 0) is 6.42 Å². The maximum Gasteiger partial charge on any atom is 0.258 e. The van der Waals surface area contributed by atoms with Crippen molar-refractivity contribution in [1.82, 2.24) is 0 Å². The Morgan fingerprint density at radius 2 is 2.11 bits per heavy atom. The fraction of sp³-hybridized carbons (Fsp3) is 0.154. The Hall–Kier alpha value is -0.550. The topological polar surface area (TPSA) is 29.1 Å². The molecule has 100 valence electrons. The molecule has 0 unspecified atom stereocenters. The number of thiophene rings is 1. The minimum atomic E-state index is -0.245. The summed E-state index contributed by atoms with van der Waals surface area (Å²) < 4.78 is 1.89. The summed E-state index contributed by atoms with van der Waals surface area (Å²) in [6.07, 6.45) is 0.827. The maximum absolute atomic E-state index is 12.1. The van der Waals surface area contributed by atoms with E-state index in [-0.39, 0.29) is 5.91 Å². The van der Waals surface area contributed by atoms with Gasteiger partial charge in [0.15, 0.2) is 0 Å². The van der Waals surface area contributed by atoms with Crippen LogP contribution in [0.3, 0.4) is 0 Å². The molecule has 1 heterocycles. The van der Waals surface area contributed by atoms with E-state index in [0.29, 0.717) is 14.2 Å². The van der Waals surface area contributed by atoms with E-state index in [1.165, 1.54) is 11.3 Å². The van der Waals surface area contributed by atoms with Crippen molar-refractivity contribution in [2.24, 2.45) is 0 Å². The molecule has 1 N–H and O–H groups in total. The van der Waals surface area contributed by atoms with Gasteiger partial charge in [-0.2, -0.15) is 0 Å². The highest BCUT2D eigenvalue weighted by Crippen LogP contribution is 2.32. The van der Waals surface area contributed by atoms with Crippen LogP contribution in [0.2, 0.25) is 8.67 Å². The van der Waals surface area contributed by atoms with E-state index in [1.807, 2.05) is 25.1 Å². The lowest BCUT2D eigenvalue weighted by Crippen LogP contribution is -2.12. The number of hydrogen-bond donors (Lipinski definition) is 1. The fourth-order valence-electron chi connectivity index (χ4n) is 1.66. The lowest BCUT2D eigenvalue weighted by atomic mass is 10.1. The molecule has 2 nitrogen and oxygen atoms in total. The quantitative estimate of drug-likeness (QED) is 0.736. The predicted molar refractivity (Wildman–Crippen MR) is 85.8 cm³/mol. The Morgan fingerprint density at radius 3 is 2.68 bits per heavy atom. The maximum atomic E-state index is 12.1. The van der Waals surface area contributed by atoms with Gasteiger partial charge in [-0.1, -0.05) is 46.1 Å². The number of aryl methyl sites for hydroxylation is 1. The molecule has 2 aromatic rings. The van der Waals surface area contributed by atoms with Gasteiger partial charge in [-0.25, -0.2) is 0 Å². The number of amides is 1. The number of anilines is 1. The van der Waals surface area contributed by atoms with Crippen LogP contribution in [0.15, 0.2) is 28.7 Å². The standard InChI is InChI=1S/C13H10BrCl2NOS/c1-2-7-5-8(14)3-4-10(7)17-13(18)9-6-11(15)19-12(9)16/h3-6H,2H2,1H3,(H,17,18). The first-order chi connectivity index (χ1) is 9.01. The van der Waals surface area contributed by atoms with Crippen LogP contribution in [0.1, 0.15) is 22.8 Å². The molecule has 1 aromatic heterocycles. The van der Waals surface area contributed by atoms with Crippen molar-refractivity contribution in [2.75, 3.05) is 5.32 Å². The Balaban J connectivity index is 2.26. The smallest absolute Gasteiger partial charge is 0.258 e. The molecule has 0 saturated heterocycles. The molecule has 19 heavy (non-hydrogen) atoms. The second-order valence-electron chi connectivity index (χ2n) is 3.85. The molecule has 0 fully saturated rings. The third kappa shape index (κ3) is 3.51. The van der Waals surface area contributed by atoms with Gasteiger partial charge in [0.05, 0.1) is 9.90 Å².